The lowest BCUT2D eigenvalue weighted by Gasteiger charge is -2.25. The predicted molar refractivity (Wildman–Crippen MR) is 71.8 cm³/mol. The van der Waals surface area contributed by atoms with Crippen molar-refractivity contribution < 1.29 is 4.79 Å². The van der Waals surface area contributed by atoms with Crippen molar-refractivity contribution in [2.45, 2.75) is 45.1 Å². The second kappa shape index (κ2) is 8.59. The van der Waals surface area contributed by atoms with Crippen LogP contribution in [0.5, 0.6) is 0 Å². The van der Waals surface area contributed by atoms with Crippen molar-refractivity contribution in [3.8, 4) is 0 Å². The highest BCUT2D eigenvalue weighted by Crippen LogP contribution is 2.06. The minimum absolute atomic E-state index is 0. The van der Waals surface area contributed by atoms with E-state index in [0.29, 0.717) is 0 Å². The fourth-order valence-corrected chi connectivity index (χ4v) is 1.41. The topological polar surface area (TPSA) is 46.3 Å². The normalized spacial score (nSPS) is 10.5. The van der Waals surface area contributed by atoms with Gasteiger partial charge < -0.3 is 10.6 Å². The van der Waals surface area contributed by atoms with E-state index in [0.717, 1.165) is 32.2 Å². The molecule has 96 valence electrons. The molecule has 1 amide bonds. The molecule has 0 aromatic carbocycles. The molecule has 0 bridgehead atoms. The van der Waals surface area contributed by atoms with Gasteiger partial charge in [0.25, 0.3) is 0 Å². The van der Waals surface area contributed by atoms with E-state index in [-0.39, 0.29) is 18.3 Å². The number of hydrogen-bond acceptors (Lipinski definition) is 2. The number of hydrogen-bond donors (Lipinski definition) is 1. The molecule has 0 fully saturated rings. The number of carbonyl (C=O) groups is 1. The lowest BCUT2D eigenvalue weighted by atomic mass is 10.1. The van der Waals surface area contributed by atoms with E-state index >= 15 is 0 Å². The number of carbonyl (C=O) groups excluding carboxylic acids is 1. The number of nitrogens with two attached hydrogens (primary N) is 1. The van der Waals surface area contributed by atoms with E-state index in [1.165, 1.54) is 0 Å². The Morgan fingerprint density at radius 1 is 1.38 bits per heavy atom. The highest BCUT2D eigenvalue weighted by atomic mass is 35.5. The lowest BCUT2D eigenvalue weighted by molar-refractivity contribution is -0.134. The Hall–Kier alpha value is -0.540. The van der Waals surface area contributed by atoms with E-state index in [1.54, 1.807) is 18.7 Å². The summed E-state index contributed by atoms with van der Waals surface area (Å²) in [6.07, 6.45) is 6.30. The summed E-state index contributed by atoms with van der Waals surface area (Å²) >= 11 is 0. The summed E-state index contributed by atoms with van der Waals surface area (Å²) < 4.78 is 0. The molecule has 0 spiro atoms. The summed E-state index contributed by atoms with van der Waals surface area (Å²) in [4.78, 5) is 13.4. The Morgan fingerprint density at radius 3 is 2.38 bits per heavy atom. The quantitative estimate of drug-likeness (QED) is 0.555. The van der Waals surface area contributed by atoms with Crippen LogP contribution in [0.25, 0.3) is 0 Å². The molecule has 0 saturated heterocycles. The van der Waals surface area contributed by atoms with Gasteiger partial charge in [0.2, 0.25) is 5.91 Å². The molecule has 0 aliphatic rings. The van der Waals surface area contributed by atoms with Crippen LogP contribution in [0.15, 0.2) is 12.7 Å². The number of allylic oxidation sites excluding steroid dienone is 1. The largest absolute Gasteiger partial charge is 0.344 e. The van der Waals surface area contributed by atoms with Crippen LogP contribution < -0.4 is 5.73 Å². The zero-order valence-electron chi connectivity index (χ0n) is 10.7. The average Bonchev–Trinajstić information content (AvgIpc) is 2.14. The van der Waals surface area contributed by atoms with Crippen LogP contribution in [0.2, 0.25) is 0 Å². The van der Waals surface area contributed by atoms with Crippen LogP contribution in [0, 0.1) is 0 Å². The molecule has 0 rings (SSSR count). The molecule has 0 aromatic rings. The van der Waals surface area contributed by atoms with Crippen LogP contribution in [0.4, 0.5) is 0 Å². The second-order valence-electron chi connectivity index (χ2n) is 4.59. The number of likely N-dealkylation sites (N-methyl/N-ethyl adjacent to an activating group) is 1. The molecule has 0 unspecified atom stereocenters. The first-order chi connectivity index (χ1) is 6.89. The Bertz CT molecular complexity index is 212. The first kappa shape index (κ1) is 17.8. The molecule has 2 N–H and O–H groups in total. The van der Waals surface area contributed by atoms with Crippen molar-refractivity contribution in [2.24, 2.45) is 5.73 Å². The minimum atomic E-state index is -0.754. The minimum Gasteiger partial charge on any atom is -0.344 e. The van der Waals surface area contributed by atoms with E-state index < -0.39 is 5.54 Å². The Balaban J connectivity index is 0. The monoisotopic (exact) mass is 248 g/mol. The highest BCUT2D eigenvalue weighted by molar-refractivity contribution is 5.85. The van der Waals surface area contributed by atoms with Crippen molar-refractivity contribution in [3.63, 3.8) is 0 Å². The summed E-state index contributed by atoms with van der Waals surface area (Å²) in [5, 5.41) is 0. The first-order valence-electron chi connectivity index (χ1n) is 5.55. The predicted octanol–water partition coefficient (Wildman–Crippen LogP) is 2.35. The van der Waals surface area contributed by atoms with Crippen LogP contribution >= 0.6 is 12.4 Å². The van der Waals surface area contributed by atoms with Gasteiger partial charge in [-0.25, -0.2) is 0 Å². The van der Waals surface area contributed by atoms with Gasteiger partial charge >= 0.3 is 0 Å². The van der Waals surface area contributed by atoms with Crippen molar-refractivity contribution in [2.75, 3.05) is 13.6 Å². The maximum atomic E-state index is 11.7. The van der Waals surface area contributed by atoms with Crippen LogP contribution in [-0.2, 0) is 4.79 Å². The van der Waals surface area contributed by atoms with Crippen LogP contribution in [0.1, 0.15) is 39.5 Å². The summed E-state index contributed by atoms with van der Waals surface area (Å²) in [7, 11) is 1.81. The fourth-order valence-electron chi connectivity index (χ4n) is 1.41. The molecular formula is C12H25ClN2O. The molecule has 0 aromatic heterocycles. The van der Waals surface area contributed by atoms with Gasteiger partial charge in [0.1, 0.15) is 0 Å². The average molecular weight is 249 g/mol. The molecule has 0 aliphatic carbocycles. The Morgan fingerprint density at radius 2 is 1.94 bits per heavy atom. The zero-order valence-corrected chi connectivity index (χ0v) is 11.5. The molecule has 0 atom stereocenters. The lowest BCUT2D eigenvalue weighted by Crippen LogP contribution is -2.49. The maximum Gasteiger partial charge on any atom is 0.241 e. The maximum absolute atomic E-state index is 11.7. The molecule has 0 aliphatic heterocycles. The number of unbranched alkanes of at least 4 members (excludes halogenated alkanes) is 3. The van der Waals surface area contributed by atoms with Gasteiger partial charge in [0.15, 0.2) is 0 Å². The van der Waals surface area contributed by atoms with Crippen molar-refractivity contribution >= 4 is 18.3 Å². The zero-order chi connectivity index (χ0) is 11.9. The van der Waals surface area contributed by atoms with Gasteiger partial charge in [-0.3, -0.25) is 4.79 Å². The molecule has 0 heterocycles. The molecule has 4 heteroatoms. The molecule has 0 radical (unpaired) electrons. The standard InChI is InChI=1S/C12H24N2O.ClH/c1-5-6-7-8-9-10-14(4)11(15)12(2,3)13;/h5H,1,6-10,13H2,2-4H3;1H. The van der Waals surface area contributed by atoms with Gasteiger partial charge in [-0.2, -0.15) is 0 Å². The van der Waals surface area contributed by atoms with Gasteiger partial charge in [-0.1, -0.05) is 12.5 Å². The van der Waals surface area contributed by atoms with E-state index in [4.69, 9.17) is 5.73 Å². The van der Waals surface area contributed by atoms with Gasteiger partial charge in [-0.15, -0.1) is 19.0 Å². The van der Waals surface area contributed by atoms with E-state index in [2.05, 4.69) is 6.58 Å². The Kier molecular flexibility index (Phi) is 9.58. The third-order valence-corrected chi connectivity index (χ3v) is 2.30. The third-order valence-electron chi connectivity index (χ3n) is 2.30. The van der Waals surface area contributed by atoms with Gasteiger partial charge in [0, 0.05) is 13.6 Å². The molecule has 3 nitrogen and oxygen atoms in total. The number of amides is 1. The number of halogens is 1. The van der Waals surface area contributed by atoms with Crippen molar-refractivity contribution in [1.29, 1.82) is 0 Å². The molecule has 16 heavy (non-hydrogen) atoms. The second-order valence-corrected chi connectivity index (χ2v) is 4.59. The van der Waals surface area contributed by atoms with Crippen LogP contribution in [0.3, 0.4) is 0 Å². The van der Waals surface area contributed by atoms with Crippen LogP contribution in [-0.4, -0.2) is 29.9 Å². The molecular weight excluding hydrogens is 224 g/mol. The highest BCUT2D eigenvalue weighted by Gasteiger charge is 2.24. The van der Waals surface area contributed by atoms with E-state index in [9.17, 15) is 4.79 Å². The van der Waals surface area contributed by atoms with Gasteiger partial charge in [0.05, 0.1) is 5.54 Å². The molecule has 0 saturated carbocycles. The van der Waals surface area contributed by atoms with Crippen molar-refractivity contribution in [1.82, 2.24) is 4.90 Å². The smallest absolute Gasteiger partial charge is 0.241 e. The van der Waals surface area contributed by atoms with E-state index in [1.807, 2.05) is 13.1 Å². The SMILES string of the molecule is C=CCCCCCN(C)C(=O)C(C)(C)N.Cl. The number of rotatable bonds is 7. The van der Waals surface area contributed by atoms with Gasteiger partial charge in [-0.05, 0) is 33.1 Å². The summed E-state index contributed by atoms with van der Waals surface area (Å²) in [5.74, 6) is 0.00576. The Labute approximate surface area is 105 Å². The summed E-state index contributed by atoms with van der Waals surface area (Å²) in [6, 6.07) is 0. The van der Waals surface area contributed by atoms with Crippen molar-refractivity contribution in [3.05, 3.63) is 12.7 Å². The third kappa shape index (κ3) is 7.71. The summed E-state index contributed by atoms with van der Waals surface area (Å²) in [5.41, 5.74) is 4.97. The fraction of sp³-hybridized carbons (Fsp3) is 0.750. The summed E-state index contributed by atoms with van der Waals surface area (Å²) in [6.45, 7) is 7.94. The first-order valence-corrected chi connectivity index (χ1v) is 5.55. The number of nitrogens with zero attached hydrogens (tertiary/aromatic N) is 1.